The van der Waals surface area contributed by atoms with Crippen LogP contribution in [0.3, 0.4) is 0 Å². The van der Waals surface area contributed by atoms with E-state index in [4.69, 9.17) is 4.42 Å². The Morgan fingerprint density at radius 3 is 2.85 bits per heavy atom. The lowest BCUT2D eigenvalue weighted by Crippen LogP contribution is -2.36. The Labute approximate surface area is 119 Å². The molecule has 5 heteroatoms. The molecule has 108 valence electrons. The minimum Gasteiger partial charge on any atom is -0.469 e. The standard InChI is InChI=1S/C15H21N3O2/c1-11-10-14(18(4)16-11)15(19)17(3)12(2)7-8-13-6-5-9-20-13/h5-6,9-10,12H,7-8H2,1-4H3. The van der Waals surface area contributed by atoms with E-state index in [-0.39, 0.29) is 11.9 Å². The van der Waals surface area contributed by atoms with Gasteiger partial charge in [0.15, 0.2) is 0 Å². The average molecular weight is 275 g/mol. The molecule has 0 spiro atoms. The van der Waals surface area contributed by atoms with Gasteiger partial charge in [0.1, 0.15) is 11.5 Å². The van der Waals surface area contributed by atoms with Gasteiger partial charge in [-0.2, -0.15) is 5.10 Å². The highest BCUT2D eigenvalue weighted by molar-refractivity contribution is 5.92. The van der Waals surface area contributed by atoms with Crippen molar-refractivity contribution >= 4 is 5.91 Å². The van der Waals surface area contributed by atoms with Crippen LogP contribution in [0.25, 0.3) is 0 Å². The zero-order valence-electron chi connectivity index (χ0n) is 12.5. The largest absolute Gasteiger partial charge is 0.469 e. The van der Waals surface area contributed by atoms with Crippen molar-refractivity contribution in [3.05, 3.63) is 41.6 Å². The second-order valence-electron chi connectivity index (χ2n) is 5.18. The molecule has 0 aromatic carbocycles. The smallest absolute Gasteiger partial charge is 0.272 e. The first-order chi connectivity index (χ1) is 9.49. The predicted molar refractivity (Wildman–Crippen MR) is 76.5 cm³/mol. The zero-order chi connectivity index (χ0) is 14.7. The third-order valence-corrected chi connectivity index (χ3v) is 3.59. The van der Waals surface area contributed by atoms with Crippen molar-refractivity contribution in [3.63, 3.8) is 0 Å². The molecule has 1 unspecified atom stereocenters. The van der Waals surface area contributed by atoms with Crippen molar-refractivity contribution < 1.29 is 9.21 Å². The van der Waals surface area contributed by atoms with Crippen molar-refractivity contribution in [2.75, 3.05) is 7.05 Å². The first kappa shape index (κ1) is 14.4. The number of aryl methyl sites for hydroxylation is 3. The zero-order valence-corrected chi connectivity index (χ0v) is 12.5. The molecule has 2 rings (SSSR count). The number of hydrogen-bond acceptors (Lipinski definition) is 3. The predicted octanol–water partition coefficient (Wildman–Crippen LogP) is 2.41. The lowest BCUT2D eigenvalue weighted by atomic mass is 10.1. The molecule has 0 aliphatic heterocycles. The maximum absolute atomic E-state index is 12.4. The fraction of sp³-hybridized carbons (Fsp3) is 0.467. The summed E-state index contributed by atoms with van der Waals surface area (Å²) in [6.07, 6.45) is 3.37. The molecule has 1 atom stereocenters. The fourth-order valence-corrected chi connectivity index (χ4v) is 2.19. The van der Waals surface area contributed by atoms with Gasteiger partial charge in [0.05, 0.1) is 12.0 Å². The van der Waals surface area contributed by atoms with Crippen LogP contribution in [-0.2, 0) is 13.5 Å². The van der Waals surface area contributed by atoms with Gasteiger partial charge >= 0.3 is 0 Å². The van der Waals surface area contributed by atoms with Crippen LogP contribution in [-0.4, -0.2) is 33.7 Å². The molecule has 0 saturated carbocycles. The first-order valence-corrected chi connectivity index (χ1v) is 6.79. The Morgan fingerprint density at radius 1 is 1.55 bits per heavy atom. The highest BCUT2D eigenvalue weighted by Crippen LogP contribution is 2.13. The summed E-state index contributed by atoms with van der Waals surface area (Å²) in [5.41, 5.74) is 1.47. The topological polar surface area (TPSA) is 51.3 Å². The summed E-state index contributed by atoms with van der Waals surface area (Å²) < 4.78 is 6.95. The van der Waals surface area contributed by atoms with Crippen molar-refractivity contribution in [1.29, 1.82) is 0 Å². The molecule has 0 aliphatic carbocycles. The van der Waals surface area contributed by atoms with Gasteiger partial charge in [-0.25, -0.2) is 0 Å². The molecule has 2 aromatic rings. The van der Waals surface area contributed by atoms with Gasteiger partial charge in [-0.1, -0.05) is 0 Å². The molecule has 0 fully saturated rings. The number of rotatable bonds is 5. The fourth-order valence-electron chi connectivity index (χ4n) is 2.19. The Balaban J connectivity index is 1.97. The van der Waals surface area contributed by atoms with Gasteiger partial charge in [0.2, 0.25) is 0 Å². The number of amides is 1. The van der Waals surface area contributed by atoms with E-state index in [9.17, 15) is 4.79 Å². The van der Waals surface area contributed by atoms with E-state index in [1.165, 1.54) is 0 Å². The lowest BCUT2D eigenvalue weighted by Gasteiger charge is -2.24. The van der Waals surface area contributed by atoms with Gasteiger partial charge in [0, 0.05) is 26.6 Å². The van der Waals surface area contributed by atoms with Gasteiger partial charge in [-0.3, -0.25) is 9.48 Å². The molecule has 0 radical (unpaired) electrons. The Bertz CT molecular complexity index is 572. The number of carbonyl (C=O) groups excluding carboxylic acids is 1. The Kier molecular flexibility index (Phi) is 4.27. The summed E-state index contributed by atoms with van der Waals surface area (Å²) in [6.45, 7) is 3.93. The number of carbonyl (C=O) groups is 1. The van der Waals surface area contributed by atoms with Crippen molar-refractivity contribution in [3.8, 4) is 0 Å². The number of furan rings is 1. The minimum absolute atomic E-state index is 0.0000416. The summed E-state index contributed by atoms with van der Waals surface area (Å²) in [5, 5.41) is 4.21. The van der Waals surface area contributed by atoms with E-state index in [1.807, 2.05) is 39.1 Å². The number of aromatic nitrogens is 2. The quantitative estimate of drug-likeness (QED) is 0.842. The van der Waals surface area contributed by atoms with Crippen molar-refractivity contribution in [2.45, 2.75) is 32.7 Å². The monoisotopic (exact) mass is 275 g/mol. The third kappa shape index (κ3) is 3.10. The molecule has 5 nitrogen and oxygen atoms in total. The van der Waals surface area contributed by atoms with Gasteiger partial charge < -0.3 is 9.32 Å². The number of hydrogen-bond donors (Lipinski definition) is 0. The SMILES string of the molecule is Cc1cc(C(=O)N(C)C(C)CCc2ccco2)n(C)n1. The molecule has 20 heavy (non-hydrogen) atoms. The van der Waals surface area contributed by atoms with Crippen LogP contribution in [0.1, 0.15) is 35.3 Å². The van der Waals surface area contributed by atoms with Gasteiger partial charge in [-0.05, 0) is 38.5 Å². The normalized spacial score (nSPS) is 12.4. The van der Waals surface area contributed by atoms with Crippen molar-refractivity contribution in [2.24, 2.45) is 7.05 Å². The molecular formula is C15H21N3O2. The Hall–Kier alpha value is -2.04. The lowest BCUT2D eigenvalue weighted by molar-refractivity contribution is 0.0725. The third-order valence-electron chi connectivity index (χ3n) is 3.59. The molecule has 0 aliphatic rings. The van der Waals surface area contributed by atoms with Crippen LogP contribution in [0.15, 0.2) is 28.9 Å². The van der Waals surface area contributed by atoms with Crippen LogP contribution in [0.5, 0.6) is 0 Å². The summed E-state index contributed by atoms with van der Waals surface area (Å²) >= 11 is 0. The highest BCUT2D eigenvalue weighted by atomic mass is 16.3. The second kappa shape index (κ2) is 5.94. The summed E-state index contributed by atoms with van der Waals surface area (Å²) in [4.78, 5) is 14.2. The van der Waals surface area contributed by atoms with Gasteiger partial charge in [0.25, 0.3) is 5.91 Å². The van der Waals surface area contributed by atoms with Crippen LogP contribution >= 0.6 is 0 Å². The molecule has 1 amide bonds. The summed E-state index contributed by atoms with van der Waals surface area (Å²) in [7, 11) is 3.62. The van der Waals surface area contributed by atoms with E-state index >= 15 is 0 Å². The van der Waals surface area contributed by atoms with Crippen LogP contribution in [0.2, 0.25) is 0 Å². The number of nitrogens with zero attached hydrogens (tertiary/aromatic N) is 3. The van der Waals surface area contributed by atoms with Crippen LogP contribution in [0, 0.1) is 6.92 Å². The average Bonchev–Trinajstić information content (AvgIpc) is 3.03. The molecule has 0 N–H and O–H groups in total. The maximum Gasteiger partial charge on any atom is 0.272 e. The van der Waals surface area contributed by atoms with Crippen molar-refractivity contribution in [1.82, 2.24) is 14.7 Å². The minimum atomic E-state index is 0.0000416. The highest BCUT2D eigenvalue weighted by Gasteiger charge is 2.20. The van der Waals surface area contributed by atoms with E-state index in [1.54, 1.807) is 22.9 Å². The molecule has 2 aromatic heterocycles. The second-order valence-corrected chi connectivity index (χ2v) is 5.18. The summed E-state index contributed by atoms with van der Waals surface area (Å²) in [6, 6.07) is 5.80. The van der Waals surface area contributed by atoms with E-state index < -0.39 is 0 Å². The molecule has 0 bridgehead atoms. The van der Waals surface area contributed by atoms with E-state index in [2.05, 4.69) is 5.10 Å². The first-order valence-electron chi connectivity index (χ1n) is 6.79. The van der Waals surface area contributed by atoms with Crippen LogP contribution in [0.4, 0.5) is 0 Å². The maximum atomic E-state index is 12.4. The Morgan fingerprint density at radius 2 is 2.30 bits per heavy atom. The molecule has 2 heterocycles. The molecular weight excluding hydrogens is 254 g/mol. The summed E-state index contributed by atoms with van der Waals surface area (Å²) in [5.74, 6) is 0.953. The van der Waals surface area contributed by atoms with Gasteiger partial charge in [-0.15, -0.1) is 0 Å². The van der Waals surface area contributed by atoms with E-state index in [0.717, 1.165) is 24.3 Å². The van der Waals surface area contributed by atoms with E-state index in [0.29, 0.717) is 5.69 Å². The molecule has 0 saturated heterocycles. The van der Waals surface area contributed by atoms with Crippen LogP contribution < -0.4 is 0 Å².